The zero-order valence-electron chi connectivity index (χ0n) is 11.4. The summed E-state index contributed by atoms with van der Waals surface area (Å²) in [5.41, 5.74) is 1.79. The lowest BCUT2D eigenvalue weighted by Gasteiger charge is -2.04. The van der Waals surface area contributed by atoms with Crippen LogP contribution in [-0.4, -0.2) is 11.6 Å². The van der Waals surface area contributed by atoms with Crippen molar-refractivity contribution < 1.29 is 4.74 Å². The number of aromatic nitrogens is 1. The Morgan fingerprint density at radius 2 is 1.75 bits per heavy atom. The van der Waals surface area contributed by atoms with Crippen molar-refractivity contribution in [3.8, 4) is 17.6 Å². The zero-order chi connectivity index (χ0) is 14.2. The zero-order valence-corrected chi connectivity index (χ0v) is 12.2. The number of ether oxygens (including phenoxy) is 1. The lowest BCUT2D eigenvalue weighted by atomic mass is 10.2. The second-order valence-electron chi connectivity index (χ2n) is 4.35. The van der Waals surface area contributed by atoms with Gasteiger partial charge in [0.1, 0.15) is 10.9 Å². The molecule has 2 aromatic rings. The first-order valence-electron chi connectivity index (χ1n) is 6.64. The van der Waals surface area contributed by atoms with Gasteiger partial charge < -0.3 is 4.74 Å². The van der Waals surface area contributed by atoms with Crippen LogP contribution in [0, 0.1) is 11.8 Å². The summed E-state index contributed by atoms with van der Waals surface area (Å²) in [6, 6.07) is 11.4. The molecule has 0 aliphatic rings. The molecule has 0 saturated heterocycles. The number of pyridine rings is 1. The van der Waals surface area contributed by atoms with Gasteiger partial charge >= 0.3 is 0 Å². The van der Waals surface area contributed by atoms with Gasteiger partial charge in [0.2, 0.25) is 0 Å². The van der Waals surface area contributed by atoms with Crippen LogP contribution in [0.2, 0.25) is 5.15 Å². The number of rotatable bonds is 4. The molecule has 0 N–H and O–H groups in total. The Morgan fingerprint density at radius 3 is 2.40 bits per heavy atom. The fraction of sp³-hybridized carbons (Fsp3) is 0.235. The highest BCUT2D eigenvalue weighted by atomic mass is 35.5. The maximum Gasteiger partial charge on any atom is 0.129 e. The summed E-state index contributed by atoms with van der Waals surface area (Å²) >= 11 is 5.73. The van der Waals surface area contributed by atoms with Gasteiger partial charge in [-0.2, -0.15) is 0 Å². The Kier molecular flexibility index (Phi) is 5.46. The number of unbranched alkanes of at least 4 members (excludes halogenated alkanes) is 1. The first kappa shape index (κ1) is 14.4. The fourth-order valence-electron chi connectivity index (χ4n) is 1.56. The summed E-state index contributed by atoms with van der Waals surface area (Å²) in [6.07, 6.45) is 3.88. The van der Waals surface area contributed by atoms with Gasteiger partial charge in [-0.1, -0.05) is 36.8 Å². The van der Waals surface area contributed by atoms with Crippen LogP contribution in [0.4, 0.5) is 0 Å². The number of nitrogens with zero attached hydrogens (tertiary/aromatic N) is 1. The Balaban J connectivity index is 1.98. The number of hydrogen-bond acceptors (Lipinski definition) is 2. The monoisotopic (exact) mass is 285 g/mol. The molecule has 1 aromatic heterocycles. The minimum absolute atomic E-state index is 0.476. The van der Waals surface area contributed by atoms with E-state index in [1.165, 1.54) is 0 Å². The molecule has 0 spiro atoms. The highest BCUT2D eigenvalue weighted by Gasteiger charge is 1.94. The Labute approximate surface area is 124 Å². The van der Waals surface area contributed by atoms with Crippen molar-refractivity contribution in [3.63, 3.8) is 0 Å². The van der Waals surface area contributed by atoms with E-state index in [1.807, 2.05) is 30.3 Å². The molecule has 20 heavy (non-hydrogen) atoms. The van der Waals surface area contributed by atoms with Gasteiger partial charge in [0.15, 0.2) is 0 Å². The maximum absolute atomic E-state index is 5.73. The molecule has 2 rings (SSSR count). The summed E-state index contributed by atoms with van der Waals surface area (Å²) in [5, 5.41) is 0.476. The van der Waals surface area contributed by atoms with Gasteiger partial charge in [-0.3, -0.25) is 0 Å². The van der Waals surface area contributed by atoms with Crippen LogP contribution in [0.5, 0.6) is 5.75 Å². The largest absolute Gasteiger partial charge is 0.494 e. The van der Waals surface area contributed by atoms with Crippen LogP contribution in [-0.2, 0) is 0 Å². The summed E-state index contributed by atoms with van der Waals surface area (Å²) in [7, 11) is 0. The lowest BCUT2D eigenvalue weighted by Crippen LogP contribution is -1.95. The second-order valence-corrected chi connectivity index (χ2v) is 4.73. The highest BCUT2D eigenvalue weighted by molar-refractivity contribution is 6.29. The first-order valence-corrected chi connectivity index (χ1v) is 7.02. The molecule has 0 aliphatic carbocycles. The Morgan fingerprint density at radius 1 is 1.05 bits per heavy atom. The normalized spacial score (nSPS) is 9.70. The van der Waals surface area contributed by atoms with Gasteiger partial charge in [-0.25, -0.2) is 4.98 Å². The van der Waals surface area contributed by atoms with Crippen LogP contribution in [0.1, 0.15) is 30.9 Å². The molecule has 3 heteroatoms. The van der Waals surface area contributed by atoms with Gasteiger partial charge in [0.25, 0.3) is 0 Å². The summed E-state index contributed by atoms with van der Waals surface area (Å²) in [5.74, 6) is 7.02. The third kappa shape index (κ3) is 4.60. The van der Waals surface area contributed by atoms with E-state index in [-0.39, 0.29) is 0 Å². The van der Waals surface area contributed by atoms with Gasteiger partial charge in [0, 0.05) is 17.3 Å². The average Bonchev–Trinajstić information content (AvgIpc) is 2.48. The second kappa shape index (κ2) is 7.57. The predicted octanol–water partition coefficient (Wildman–Crippen LogP) is 4.31. The van der Waals surface area contributed by atoms with Crippen LogP contribution in [0.25, 0.3) is 0 Å². The van der Waals surface area contributed by atoms with Crippen molar-refractivity contribution in [1.29, 1.82) is 0 Å². The van der Waals surface area contributed by atoms with E-state index in [1.54, 1.807) is 12.3 Å². The molecular weight excluding hydrogens is 270 g/mol. The predicted molar refractivity (Wildman–Crippen MR) is 82.1 cm³/mol. The van der Waals surface area contributed by atoms with E-state index in [0.29, 0.717) is 5.15 Å². The SMILES string of the molecule is CCCCOc1ccc(C#Cc2ccc(Cl)nc2)cc1. The van der Waals surface area contributed by atoms with Gasteiger partial charge in [0.05, 0.1) is 6.61 Å². The lowest BCUT2D eigenvalue weighted by molar-refractivity contribution is 0.309. The average molecular weight is 286 g/mol. The van der Waals surface area contributed by atoms with Crippen LogP contribution >= 0.6 is 11.6 Å². The minimum atomic E-state index is 0.476. The molecule has 1 aromatic carbocycles. The van der Waals surface area contributed by atoms with Crippen LogP contribution in [0.15, 0.2) is 42.6 Å². The number of halogens is 1. The number of benzene rings is 1. The molecule has 0 fully saturated rings. The molecule has 0 unspecified atom stereocenters. The standard InChI is InChI=1S/C17H16ClNO/c1-2-3-12-20-16-9-6-14(7-10-16)4-5-15-8-11-17(18)19-13-15/h6-11,13H,2-3,12H2,1H3. The summed E-state index contributed by atoms with van der Waals surface area (Å²) < 4.78 is 5.60. The molecule has 0 saturated carbocycles. The molecule has 0 aliphatic heterocycles. The van der Waals surface area contributed by atoms with E-state index in [0.717, 1.165) is 36.3 Å². The van der Waals surface area contributed by atoms with Crippen molar-refractivity contribution in [2.75, 3.05) is 6.61 Å². The van der Waals surface area contributed by atoms with E-state index in [4.69, 9.17) is 16.3 Å². The fourth-order valence-corrected chi connectivity index (χ4v) is 1.67. The van der Waals surface area contributed by atoms with E-state index in [2.05, 4.69) is 23.7 Å². The molecule has 0 atom stereocenters. The van der Waals surface area contributed by atoms with Crippen molar-refractivity contribution in [1.82, 2.24) is 4.98 Å². The summed E-state index contributed by atoms with van der Waals surface area (Å²) in [4.78, 5) is 3.99. The third-order valence-corrected chi connectivity index (χ3v) is 2.92. The van der Waals surface area contributed by atoms with Gasteiger partial charge in [-0.15, -0.1) is 0 Å². The van der Waals surface area contributed by atoms with Crippen LogP contribution < -0.4 is 4.74 Å². The smallest absolute Gasteiger partial charge is 0.129 e. The summed E-state index contributed by atoms with van der Waals surface area (Å²) in [6.45, 7) is 2.91. The van der Waals surface area contributed by atoms with Crippen molar-refractivity contribution >= 4 is 11.6 Å². The third-order valence-electron chi connectivity index (χ3n) is 2.70. The molecule has 0 radical (unpaired) electrons. The molecule has 0 amide bonds. The van der Waals surface area contributed by atoms with E-state index < -0.39 is 0 Å². The molecule has 102 valence electrons. The Hall–Kier alpha value is -1.98. The Bertz CT molecular complexity index is 594. The van der Waals surface area contributed by atoms with Crippen LogP contribution in [0.3, 0.4) is 0 Å². The van der Waals surface area contributed by atoms with Crippen molar-refractivity contribution in [2.45, 2.75) is 19.8 Å². The molecule has 1 heterocycles. The molecular formula is C17H16ClNO. The first-order chi connectivity index (χ1) is 9.78. The van der Waals surface area contributed by atoms with Crippen molar-refractivity contribution in [2.24, 2.45) is 0 Å². The highest BCUT2D eigenvalue weighted by Crippen LogP contribution is 2.12. The molecule has 0 bridgehead atoms. The molecule has 2 nitrogen and oxygen atoms in total. The van der Waals surface area contributed by atoms with E-state index in [9.17, 15) is 0 Å². The van der Waals surface area contributed by atoms with E-state index >= 15 is 0 Å². The quantitative estimate of drug-likeness (QED) is 0.474. The van der Waals surface area contributed by atoms with Crippen molar-refractivity contribution in [3.05, 3.63) is 58.9 Å². The topological polar surface area (TPSA) is 22.1 Å². The minimum Gasteiger partial charge on any atom is -0.494 e. The van der Waals surface area contributed by atoms with Gasteiger partial charge in [-0.05, 0) is 42.8 Å². The maximum atomic E-state index is 5.73. The number of hydrogen-bond donors (Lipinski definition) is 0.